The third-order valence-corrected chi connectivity index (χ3v) is 6.51. The monoisotopic (exact) mass is 369 g/mol. The van der Waals surface area contributed by atoms with Crippen molar-refractivity contribution in [2.75, 3.05) is 26.2 Å². The van der Waals surface area contributed by atoms with E-state index in [-0.39, 0.29) is 5.78 Å². The molecule has 1 aliphatic heterocycles. The van der Waals surface area contributed by atoms with Gasteiger partial charge in [0.25, 0.3) is 10.0 Å². The average molecular weight is 370 g/mol. The molecule has 140 valence electrons. The second kappa shape index (κ2) is 8.29. The van der Waals surface area contributed by atoms with Crippen LogP contribution in [0.4, 0.5) is 0 Å². The summed E-state index contributed by atoms with van der Waals surface area (Å²) in [5, 5.41) is -0.431. The molecule has 1 aromatic rings. The average Bonchev–Trinajstić information content (AvgIpc) is 3.00. The molecular weight excluding hydrogens is 340 g/mol. The normalized spacial score (nSPS) is 17.0. The van der Waals surface area contributed by atoms with E-state index in [1.54, 1.807) is 38.1 Å². The minimum atomic E-state index is -3.29. The standard InChI is InChI=1S/C18H29N2O4S/c1-15(2)25(22,23)19-20(11-4-5-12-20)13-6-14-24-18-9-7-17(8-10-18)16(3)21/h7-10,15,19H,4-6,11-14H2,1-3H3/q+1. The Balaban J connectivity index is 1.86. The number of ketones is 1. The number of quaternary nitrogens is 1. The van der Waals surface area contributed by atoms with Crippen molar-refractivity contribution >= 4 is 15.8 Å². The van der Waals surface area contributed by atoms with Crippen molar-refractivity contribution in [3.05, 3.63) is 29.8 Å². The Kier molecular flexibility index (Phi) is 6.59. The Hall–Kier alpha value is -1.44. The zero-order valence-corrected chi connectivity index (χ0v) is 16.1. The molecule has 0 aliphatic carbocycles. The lowest BCUT2D eigenvalue weighted by Gasteiger charge is -2.33. The van der Waals surface area contributed by atoms with Gasteiger partial charge in [-0.25, -0.2) is 13.0 Å². The predicted octanol–water partition coefficient (Wildman–Crippen LogP) is 2.51. The fourth-order valence-electron chi connectivity index (χ4n) is 3.02. The molecule has 2 rings (SSSR count). The van der Waals surface area contributed by atoms with Gasteiger partial charge in [0.15, 0.2) is 5.78 Å². The van der Waals surface area contributed by atoms with Crippen LogP contribution in [0.1, 0.15) is 50.4 Å². The lowest BCUT2D eigenvalue weighted by atomic mass is 10.1. The number of nitrogens with zero attached hydrogens (tertiary/aromatic N) is 1. The predicted molar refractivity (Wildman–Crippen MR) is 97.8 cm³/mol. The van der Waals surface area contributed by atoms with Gasteiger partial charge in [-0.15, -0.1) is 0 Å². The van der Waals surface area contributed by atoms with Crippen LogP contribution in [-0.2, 0) is 10.0 Å². The van der Waals surface area contributed by atoms with Crippen molar-refractivity contribution in [3.8, 4) is 5.75 Å². The number of nitrogens with one attached hydrogen (secondary N) is 1. The fourth-order valence-corrected chi connectivity index (χ4v) is 4.04. The first-order chi connectivity index (χ1) is 11.7. The minimum Gasteiger partial charge on any atom is -0.493 e. The molecule has 1 fully saturated rings. The molecule has 1 saturated heterocycles. The number of ether oxygens (including phenoxy) is 1. The molecule has 0 unspecified atom stereocenters. The number of benzene rings is 1. The summed E-state index contributed by atoms with van der Waals surface area (Å²) in [5.41, 5.74) is 0.664. The van der Waals surface area contributed by atoms with E-state index in [1.165, 1.54) is 6.92 Å². The van der Waals surface area contributed by atoms with E-state index in [9.17, 15) is 13.2 Å². The first kappa shape index (κ1) is 19.9. The lowest BCUT2D eigenvalue weighted by Crippen LogP contribution is -2.60. The smallest absolute Gasteiger partial charge is 0.255 e. The zero-order valence-electron chi connectivity index (χ0n) is 15.3. The van der Waals surface area contributed by atoms with Crippen LogP contribution < -0.4 is 9.57 Å². The maximum Gasteiger partial charge on any atom is 0.255 e. The van der Waals surface area contributed by atoms with Crippen molar-refractivity contribution in [1.29, 1.82) is 0 Å². The number of hydrogen-bond acceptors (Lipinski definition) is 4. The van der Waals surface area contributed by atoms with Gasteiger partial charge in [-0.3, -0.25) is 4.79 Å². The third-order valence-electron chi connectivity index (χ3n) is 4.62. The molecule has 0 amide bonds. The zero-order chi connectivity index (χ0) is 18.5. The molecule has 7 heteroatoms. The molecule has 0 spiro atoms. The number of hydrogen-bond donors (Lipinski definition) is 1. The Morgan fingerprint density at radius 1 is 1.20 bits per heavy atom. The molecule has 0 aromatic heterocycles. The van der Waals surface area contributed by atoms with Gasteiger partial charge in [-0.2, -0.15) is 0 Å². The summed E-state index contributed by atoms with van der Waals surface area (Å²) >= 11 is 0. The van der Waals surface area contributed by atoms with Gasteiger partial charge in [-0.1, -0.05) is 4.83 Å². The van der Waals surface area contributed by atoms with Crippen LogP contribution in [0, 0.1) is 0 Å². The summed E-state index contributed by atoms with van der Waals surface area (Å²) in [7, 11) is -3.29. The van der Waals surface area contributed by atoms with Gasteiger partial charge in [-0.05, 0) is 45.0 Å². The maximum atomic E-state index is 12.2. The molecular formula is C18H29N2O4S+. The Labute approximate surface area is 150 Å². The highest BCUT2D eigenvalue weighted by Gasteiger charge is 2.37. The second-order valence-electron chi connectivity index (χ2n) is 6.99. The Bertz CT molecular complexity index is 678. The van der Waals surface area contributed by atoms with Crippen LogP contribution >= 0.6 is 0 Å². The summed E-state index contributed by atoms with van der Waals surface area (Å²) < 4.78 is 30.6. The third kappa shape index (κ3) is 5.52. The van der Waals surface area contributed by atoms with Crippen molar-refractivity contribution in [3.63, 3.8) is 0 Å². The van der Waals surface area contributed by atoms with E-state index in [4.69, 9.17) is 4.74 Å². The van der Waals surface area contributed by atoms with E-state index < -0.39 is 15.3 Å². The van der Waals surface area contributed by atoms with Gasteiger partial charge < -0.3 is 4.74 Å². The lowest BCUT2D eigenvalue weighted by molar-refractivity contribution is -0.945. The summed E-state index contributed by atoms with van der Waals surface area (Å²) in [6.07, 6.45) is 2.83. The largest absolute Gasteiger partial charge is 0.493 e. The quantitative estimate of drug-likeness (QED) is 0.412. The summed E-state index contributed by atoms with van der Waals surface area (Å²) in [6.45, 7) is 7.83. The Morgan fingerprint density at radius 2 is 1.80 bits per heavy atom. The number of carbonyl (C=O) groups excluding carboxylic acids is 1. The van der Waals surface area contributed by atoms with Gasteiger partial charge in [0.2, 0.25) is 0 Å². The highest BCUT2D eigenvalue weighted by molar-refractivity contribution is 7.89. The molecule has 6 nitrogen and oxygen atoms in total. The van der Waals surface area contributed by atoms with Gasteiger partial charge in [0.05, 0.1) is 24.9 Å². The van der Waals surface area contributed by atoms with Crippen molar-refractivity contribution in [1.82, 2.24) is 4.83 Å². The number of Topliss-reactive ketones (excluding diaryl/α,β-unsaturated/α-hetero) is 1. The van der Waals surface area contributed by atoms with Crippen LogP contribution in [0.25, 0.3) is 0 Å². The van der Waals surface area contributed by atoms with Crippen molar-refractivity contribution in [2.45, 2.75) is 45.3 Å². The highest BCUT2D eigenvalue weighted by atomic mass is 32.2. The van der Waals surface area contributed by atoms with Gasteiger partial charge in [0, 0.05) is 24.8 Å². The number of likely N-dealkylation sites (tertiary alicyclic amines) is 1. The van der Waals surface area contributed by atoms with Crippen LogP contribution in [0.3, 0.4) is 0 Å². The van der Waals surface area contributed by atoms with E-state index in [0.29, 0.717) is 16.8 Å². The van der Waals surface area contributed by atoms with Crippen molar-refractivity contribution in [2.24, 2.45) is 0 Å². The molecule has 0 saturated carbocycles. The van der Waals surface area contributed by atoms with E-state index in [0.717, 1.165) is 44.6 Å². The van der Waals surface area contributed by atoms with Gasteiger partial charge >= 0.3 is 0 Å². The highest BCUT2D eigenvalue weighted by Crippen LogP contribution is 2.19. The van der Waals surface area contributed by atoms with E-state index in [1.807, 2.05) is 0 Å². The van der Waals surface area contributed by atoms with Crippen LogP contribution in [-0.4, -0.2) is 50.3 Å². The summed E-state index contributed by atoms with van der Waals surface area (Å²) in [4.78, 5) is 14.2. The van der Waals surface area contributed by atoms with Crippen molar-refractivity contribution < 1.29 is 22.5 Å². The van der Waals surface area contributed by atoms with Crippen LogP contribution in [0.15, 0.2) is 24.3 Å². The molecule has 25 heavy (non-hydrogen) atoms. The molecule has 0 bridgehead atoms. The molecule has 1 aromatic carbocycles. The molecule has 0 radical (unpaired) electrons. The number of sulfonamides is 1. The second-order valence-corrected chi connectivity index (χ2v) is 9.21. The minimum absolute atomic E-state index is 0.0319. The maximum absolute atomic E-state index is 12.2. The molecule has 1 heterocycles. The number of rotatable bonds is 9. The molecule has 0 atom stereocenters. The first-order valence-electron chi connectivity index (χ1n) is 8.87. The summed E-state index contributed by atoms with van der Waals surface area (Å²) in [5.74, 6) is 0.755. The summed E-state index contributed by atoms with van der Waals surface area (Å²) in [6, 6.07) is 7.09. The van der Waals surface area contributed by atoms with E-state index in [2.05, 4.69) is 4.83 Å². The topological polar surface area (TPSA) is 72.5 Å². The number of carbonyl (C=O) groups is 1. The van der Waals surface area contributed by atoms with Crippen LogP contribution in [0.2, 0.25) is 0 Å². The fraction of sp³-hybridized carbons (Fsp3) is 0.611. The molecule has 1 aliphatic rings. The molecule has 1 N–H and O–H groups in total. The first-order valence-corrected chi connectivity index (χ1v) is 10.4. The van der Waals surface area contributed by atoms with Gasteiger partial charge in [0.1, 0.15) is 12.3 Å². The van der Waals surface area contributed by atoms with Crippen LogP contribution in [0.5, 0.6) is 5.75 Å². The Morgan fingerprint density at radius 3 is 2.32 bits per heavy atom. The SMILES string of the molecule is CC(=O)c1ccc(OCCC[N+]2(NS(=O)(=O)C(C)C)CCCC2)cc1. The van der Waals surface area contributed by atoms with E-state index >= 15 is 0 Å².